The van der Waals surface area contributed by atoms with Crippen molar-refractivity contribution in [1.29, 1.82) is 0 Å². The molecule has 0 aromatic heterocycles. The maximum atomic E-state index is 12.7. The van der Waals surface area contributed by atoms with Crippen molar-refractivity contribution in [2.45, 2.75) is 6.92 Å². The number of allylic oxidation sites excluding steroid dienone is 1. The maximum Gasteiger partial charge on any atom is 0.343 e. The zero-order chi connectivity index (χ0) is 22.1. The first-order chi connectivity index (χ1) is 15.6. The molecule has 7 heteroatoms. The van der Waals surface area contributed by atoms with Gasteiger partial charge in [0, 0.05) is 6.07 Å². The van der Waals surface area contributed by atoms with E-state index in [9.17, 15) is 9.59 Å². The minimum Gasteiger partial charge on any atom is -0.494 e. The van der Waals surface area contributed by atoms with Crippen molar-refractivity contribution in [3.05, 3.63) is 83.1 Å². The van der Waals surface area contributed by atoms with Crippen LogP contribution in [0.25, 0.3) is 6.08 Å². The lowest BCUT2D eigenvalue weighted by Crippen LogP contribution is -2.08. The summed E-state index contributed by atoms with van der Waals surface area (Å²) < 4.78 is 27.2. The van der Waals surface area contributed by atoms with Gasteiger partial charge in [0.15, 0.2) is 17.3 Å². The summed E-state index contributed by atoms with van der Waals surface area (Å²) in [6.45, 7) is 2.62. The lowest BCUT2D eigenvalue weighted by atomic mass is 10.1. The molecule has 0 spiro atoms. The predicted molar refractivity (Wildman–Crippen MR) is 115 cm³/mol. The molecule has 0 radical (unpaired) electrons. The second-order valence-corrected chi connectivity index (χ2v) is 7.06. The third-order valence-corrected chi connectivity index (χ3v) is 4.95. The van der Waals surface area contributed by atoms with Crippen LogP contribution in [0, 0.1) is 0 Å². The zero-order valence-corrected chi connectivity index (χ0v) is 17.1. The van der Waals surface area contributed by atoms with Gasteiger partial charge in [0.25, 0.3) is 0 Å². The molecular weight excluding hydrogens is 412 g/mol. The molecule has 160 valence electrons. The number of ether oxygens (including phenoxy) is 5. The van der Waals surface area contributed by atoms with Crippen molar-refractivity contribution in [1.82, 2.24) is 0 Å². The third kappa shape index (κ3) is 3.76. The number of fused-ring (bicyclic) bond motifs is 2. The lowest BCUT2D eigenvalue weighted by Gasteiger charge is -2.06. The van der Waals surface area contributed by atoms with E-state index in [1.807, 2.05) is 31.2 Å². The predicted octanol–water partition coefficient (Wildman–Crippen LogP) is 4.65. The van der Waals surface area contributed by atoms with Gasteiger partial charge >= 0.3 is 5.97 Å². The number of hydrogen-bond acceptors (Lipinski definition) is 7. The average molecular weight is 430 g/mol. The Labute approximate surface area is 183 Å². The Morgan fingerprint density at radius 3 is 2.53 bits per heavy atom. The molecule has 0 saturated carbocycles. The summed E-state index contributed by atoms with van der Waals surface area (Å²) in [5.41, 5.74) is 1.53. The lowest BCUT2D eigenvalue weighted by molar-refractivity contribution is 0.0734. The summed E-state index contributed by atoms with van der Waals surface area (Å²) in [7, 11) is 0. The van der Waals surface area contributed by atoms with Gasteiger partial charge in [0.05, 0.1) is 17.7 Å². The quantitative estimate of drug-likeness (QED) is 0.331. The molecule has 0 N–H and O–H groups in total. The molecule has 0 fully saturated rings. The first kappa shape index (κ1) is 19.7. The van der Waals surface area contributed by atoms with E-state index >= 15 is 0 Å². The van der Waals surface area contributed by atoms with Crippen molar-refractivity contribution in [2.75, 3.05) is 13.4 Å². The molecule has 5 rings (SSSR count). The number of benzene rings is 3. The van der Waals surface area contributed by atoms with E-state index < -0.39 is 5.97 Å². The molecule has 32 heavy (non-hydrogen) atoms. The fourth-order valence-electron chi connectivity index (χ4n) is 3.40. The summed E-state index contributed by atoms with van der Waals surface area (Å²) in [5.74, 6) is 1.84. The first-order valence-corrected chi connectivity index (χ1v) is 10.0. The number of Topliss-reactive ketones (excluding diaryl/α,β-unsaturated/α-hetero) is 1. The second kappa shape index (κ2) is 8.11. The van der Waals surface area contributed by atoms with Crippen molar-refractivity contribution in [3.63, 3.8) is 0 Å². The summed E-state index contributed by atoms with van der Waals surface area (Å²) in [4.78, 5) is 25.2. The monoisotopic (exact) mass is 430 g/mol. The van der Waals surface area contributed by atoms with E-state index in [2.05, 4.69) is 0 Å². The second-order valence-electron chi connectivity index (χ2n) is 7.06. The standard InChI is InChI=1S/C25H18O7/c1-2-28-17-6-3-15(4-7-17)11-23-24(26)19-9-8-18(13-21(19)32-23)31-25(27)16-5-10-20-22(12-16)30-14-29-20/h3-13H,2,14H2,1H3. The van der Waals surface area contributed by atoms with Crippen molar-refractivity contribution < 1.29 is 33.3 Å². The van der Waals surface area contributed by atoms with Crippen LogP contribution in [0.2, 0.25) is 0 Å². The molecule has 7 nitrogen and oxygen atoms in total. The fraction of sp³-hybridized carbons (Fsp3) is 0.120. The molecule has 2 aliphatic heterocycles. The Kier molecular flexibility index (Phi) is 4.99. The normalized spacial score (nSPS) is 14.8. The van der Waals surface area contributed by atoms with E-state index in [0.717, 1.165) is 11.3 Å². The summed E-state index contributed by atoms with van der Waals surface area (Å²) in [6, 6.07) is 16.8. The first-order valence-electron chi connectivity index (χ1n) is 10.0. The zero-order valence-electron chi connectivity index (χ0n) is 17.1. The highest BCUT2D eigenvalue weighted by Crippen LogP contribution is 2.36. The highest BCUT2D eigenvalue weighted by atomic mass is 16.7. The molecule has 3 aromatic carbocycles. The Morgan fingerprint density at radius 1 is 0.938 bits per heavy atom. The van der Waals surface area contributed by atoms with Gasteiger partial charge in [-0.1, -0.05) is 12.1 Å². The molecule has 0 aliphatic carbocycles. The van der Waals surface area contributed by atoms with Gasteiger partial charge in [-0.05, 0) is 61.0 Å². The minimum atomic E-state index is -0.558. The molecule has 0 amide bonds. The summed E-state index contributed by atoms with van der Waals surface area (Å²) >= 11 is 0. The van der Waals surface area contributed by atoms with Crippen LogP contribution in [0.5, 0.6) is 28.7 Å². The number of hydrogen-bond donors (Lipinski definition) is 0. The average Bonchev–Trinajstić information content (AvgIpc) is 3.39. The molecule has 0 atom stereocenters. The number of ketones is 1. The SMILES string of the molecule is CCOc1ccc(C=C2Oc3cc(OC(=O)c4ccc5c(c4)OCO5)ccc3C2=O)cc1. The van der Waals surface area contributed by atoms with Gasteiger partial charge in [-0.2, -0.15) is 0 Å². The number of esters is 1. The van der Waals surface area contributed by atoms with E-state index in [0.29, 0.717) is 35.0 Å². The van der Waals surface area contributed by atoms with Crippen LogP contribution in [-0.4, -0.2) is 25.2 Å². The minimum absolute atomic E-state index is 0.122. The molecule has 2 heterocycles. The van der Waals surface area contributed by atoms with Gasteiger partial charge in [0.1, 0.15) is 17.2 Å². The van der Waals surface area contributed by atoms with Crippen LogP contribution in [0.1, 0.15) is 33.2 Å². The summed E-state index contributed by atoms with van der Waals surface area (Å²) in [5, 5.41) is 0. The Bertz CT molecular complexity index is 1240. The summed E-state index contributed by atoms with van der Waals surface area (Å²) in [6.07, 6.45) is 1.66. The Morgan fingerprint density at radius 2 is 1.72 bits per heavy atom. The van der Waals surface area contributed by atoms with Crippen LogP contribution in [0.15, 0.2) is 66.4 Å². The molecular formula is C25H18O7. The number of rotatable bonds is 5. The highest BCUT2D eigenvalue weighted by Gasteiger charge is 2.28. The Hall–Kier alpha value is -4.26. The Balaban J connectivity index is 1.32. The van der Waals surface area contributed by atoms with Gasteiger partial charge in [-0.25, -0.2) is 4.79 Å². The van der Waals surface area contributed by atoms with Crippen LogP contribution < -0.4 is 23.7 Å². The van der Waals surface area contributed by atoms with Gasteiger partial charge < -0.3 is 23.7 Å². The topological polar surface area (TPSA) is 80.3 Å². The van der Waals surface area contributed by atoms with Crippen molar-refractivity contribution in [3.8, 4) is 28.7 Å². The van der Waals surface area contributed by atoms with Crippen LogP contribution in [0.3, 0.4) is 0 Å². The number of carbonyl (C=O) groups excluding carboxylic acids is 2. The van der Waals surface area contributed by atoms with Gasteiger partial charge in [-0.15, -0.1) is 0 Å². The molecule has 3 aromatic rings. The van der Waals surface area contributed by atoms with Crippen LogP contribution >= 0.6 is 0 Å². The van der Waals surface area contributed by atoms with Crippen LogP contribution in [0.4, 0.5) is 0 Å². The van der Waals surface area contributed by atoms with Gasteiger partial charge in [0.2, 0.25) is 12.6 Å². The van der Waals surface area contributed by atoms with E-state index in [1.54, 1.807) is 36.4 Å². The fourth-order valence-corrected chi connectivity index (χ4v) is 3.40. The number of carbonyl (C=O) groups is 2. The smallest absolute Gasteiger partial charge is 0.343 e. The van der Waals surface area contributed by atoms with Crippen LogP contribution in [-0.2, 0) is 0 Å². The van der Waals surface area contributed by atoms with E-state index in [-0.39, 0.29) is 24.1 Å². The van der Waals surface area contributed by atoms with Crippen molar-refractivity contribution >= 4 is 17.8 Å². The van der Waals surface area contributed by atoms with E-state index in [1.165, 1.54) is 6.07 Å². The molecule has 0 unspecified atom stereocenters. The van der Waals surface area contributed by atoms with E-state index in [4.69, 9.17) is 23.7 Å². The largest absolute Gasteiger partial charge is 0.494 e. The molecule has 2 aliphatic rings. The molecule has 0 saturated heterocycles. The molecule has 0 bridgehead atoms. The van der Waals surface area contributed by atoms with Gasteiger partial charge in [-0.3, -0.25) is 4.79 Å². The maximum absolute atomic E-state index is 12.7. The highest BCUT2D eigenvalue weighted by molar-refractivity contribution is 6.14. The third-order valence-electron chi connectivity index (χ3n) is 4.95. The van der Waals surface area contributed by atoms with Crippen molar-refractivity contribution in [2.24, 2.45) is 0 Å².